The van der Waals surface area contributed by atoms with Crippen molar-refractivity contribution in [2.24, 2.45) is 5.73 Å². The van der Waals surface area contributed by atoms with Gasteiger partial charge in [-0.1, -0.05) is 42.5 Å². The van der Waals surface area contributed by atoms with Gasteiger partial charge in [-0.05, 0) is 56.2 Å². The summed E-state index contributed by atoms with van der Waals surface area (Å²) in [5.41, 5.74) is 9.44. The quantitative estimate of drug-likeness (QED) is 0.133. The Bertz CT molecular complexity index is 1880. The first-order valence-corrected chi connectivity index (χ1v) is 15.1. The maximum atomic E-state index is 14.1. The van der Waals surface area contributed by atoms with Crippen LogP contribution in [-0.4, -0.2) is 47.9 Å². The van der Waals surface area contributed by atoms with E-state index in [0.717, 1.165) is 27.6 Å². The molecule has 11 heteroatoms. The minimum Gasteiger partial charge on any atom is -0.465 e. The number of imidazole rings is 1. The highest BCUT2D eigenvalue weighted by Crippen LogP contribution is 2.31. The van der Waals surface area contributed by atoms with Gasteiger partial charge < -0.3 is 15.0 Å². The van der Waals surface area contributed by atoms with E-state index in [-0.39, 0.29) is 17.3 Å². The minimum absolute atomic E-state index is 0.000522. The molecule has 216 valence electrons. The van der Waals surface area contributed by atoms with Gasteiger partial charge in [0.15, 0.2) is 0 Å². The third-order valence-electron chi connectivity index (χ3n) is 7.06. The summed E-state index contributed by atoms with van der Waals surface area (Å²) in [5.74, 6) is 0.226. The van der Waals surface area contributed by atoms with E-state index >= 15 is 0 Å². The van der Waals surface area contributed by atoms with Crippen LogP contribution < -0.4 is 10.0 Å². The number of nitrogens with one attached hydrogen (secondary N) is 1. The summed E-state index contributed by atoms with van der Waals surface area (Å²) >= 11 is 0. The first kappa shape index (κ1) is 28.7. The normalized spacial score (nSPS) is 11.6. The zero-order chi connectivity index (χ0) is 29.9. The number of nitrogens with zero attached hydrogens (tertiary/aromatic N) is 4. The van der Waals surface area contributed by atoms with Gasteiger partial charge in [-0.2, -0.15) is 0 Å². The molecule has 0 saturated carbocycles. The number of fused-ring (bicyclic) bond motifs is 2. The third-order valence-corrected chi connectivity index (χ3v) is 8.86. The van der Waals surface area contributed by atoms with Crippen LogP contribution in [0, 0.1) is 5.41 Å². The molecular weight excluding hydrogens is 552 g/mol. The molecule has 0 amide bonds. The van der Waals surface area contributed by atoms with Crippen LogP contribution >= 0.6 is 0 Å². The van der Waals surface area contributed by atoms with E-state index in [1.54, 1.807) is 49.5 Å². The lowest BCUT2D eigenvalue weighted by Crippen LogP contribution is -2.36. The van der Waals surface area contributed by atoms with Crippen molar-refractivity contribution in [1.82, 2.24) is 14.5 Å². The Morgan fingerprint density at radius 2 is 1.79 bits per heavy atom. The van der Waals surface area contributed by atoms with Gasteiger partial charge in [0.25, 0.3) is 10.0 Å². The Labute approximate surface area is 244 Å². The van der Waals surface area contributed by atoms with Crippen LogP contribution in [0.1, 0.15) is 30.8 Å². The van der Waals surface area contributed by atoms with E-state index in [0.29, 0.717) is 40.6 Å². The number of esters is 1. The number of amidine groups is 1. The number of nitrogens with two attached hydrogens (primary N) is 1. The molecule has 0 aliphatic carbocycles. The van der Waals surface area contributed by atoms with Gasteiger partial charge in [0.05, 0.1) is 28.8 Å². The zero-order valence-corrected chi connectivity index (χ0v) is 24.3. The summed E-state index contributed by atoms with van der Waals surface area (Å²) < 4.78 is 36.5. The molecule has 10 nitrogen and oxygen atoms in total. The lowest BCUT2D eigenvalue weighted by Gasteiger charge is -2.24. The van der Waals surface area contributed by atoms with Gasteiger partial charge in [-0.15, -0.1) is 0 Å². The number of sulfonamides is 1. The molecule has 0 radical (unpaired) electrons. The Hall–Kier alpha value is -4.77. The van der Waals surface area contributed by atoms with E-state index in [4.69, 9.17) is 20.9 Å². The van der Waals surface area contributed by atoms with Gasteiger partial charge in [-0.25, -0.2) is 13.4 Å². The fourth-order valence-corrected chi connectivity index (χ4v) is 6.59. The number of pyridine rings is 1. The smallest absolute Gasteiger partial charge is 0.326 e. The maximum absolute atomic E-state index is 14.1. The summed E-state index contributed by atoms with van der Waals surface area (Å²) in [5, 5.41) is 8.25. The standard InChI is InChI=1S/C31H32N6O4S/c1-3-36-26-16-15-24(19-25(26)35-28(36)17-12-21-10-13-23(14-11-21)31(32)33)37(20-29(38)41-4-2)42(39,40)27-9-5-7-22-8-6-18-34-30(22)27/h5-11,13-16,18-19H,3-4,12,17,20H2,1-2H3,(H3,32,33). The van der Waals surface area contributed by atoms with Crippen molar-refractivity contribution in [2.45, 2.75) is 38.1 Å². The van der Waals surface area contributed by atoms with Crippen molar-refractivity contribution in [1.29, 1.82) is 5.41 Å². The van der Waals surface area contributed by atoms with Crippen molar-refractivity contribution in [2.75, 3.05) is 17.5 Å². The van der Waals surface area contributed by atoms with E-state index < -0.39 is 22.5 Å². The van der Waals surface area contributed by atoms with Crippen LogP contribution in [0.2, 0.25) is 0 Å². The Morgan fingerprint density at radius 3 is 2.50 bits per heavy atom. The molecule has 0 saturated heterocycles. The summed E-state index contributed by atoms with van der Waals surface area (Å²) in [7, 11) is -4.22. The third kappa shape index (κ3) is 5.68. The Balaban J connectivity index is 1.52. The summed E-state index contributed by atoms with van der Waals surface area (Å²) in [6.07, 6.45) is 2.93. The first-order valence-electron chi connectivity index (χ1n) is 13.7. The van der Waals surface area contributed by atoms with E-state index in [1.165, 1.54) is 6.07 Å². The molecule has 0 atom stereocenters. The van der Waals surface area contributed by atoms with Crippen molar-refractivity contribution in [3.05, 3.63) is 95.9 Å². The molecule has 0 bridgehead atoms. The molecule has 42 heavy (non-hydrogen) atoms. The number of rotatable bonds is 11. The van der Waals surface area contributed by atoms with Crippen LogP contribution in [0.15, 0.2) is 83.9 Å². The number of hydrogen-bond acceptors (Lipinski definition) is 7. The number of carbonyl (C=O) groups is 1. The average molecular weight is 585 g/mol. The number of aromatic nitrogens is 3. The predicted octanol–water partition coefficient (Wildman–Crippen LogP) is 4.43. The van der Waals surface area contributed by atoms with Crippen LogP contribution in [0.3, 0.4) is 0 Å². The molecule has 5 rings (SSSR count). The van der Waals surface area contributed by atoms with E-state index in [2.05, 4.69) is 9.55 Å². The van der Waals surface area contributed by atoms with E-state index in [9.17, 15) is 13.2 Å². The van der Waals surface area contributed by atoms with E-state index in [1.807, 2.05) is 37.3 Å². The number of hydrogen-bond donors (Lipinski definition) is 2. The van der Waals surface area contributed by atoms with Crippen LogP contribution in [0.4, 0.5) is 5.69 Å². The summed E-state index contributed by atoms with van der Waals surface area (Å²) in [4.78, 5) is 21.8. The van der Waals surface area contributed by atoms with Crippen molar-refractivity contribution in [3.63, 3.8) is 0 Å². The second kappa shape index (κ2) is 12.0. The second-order valence-corrected chi connectivity index (χ2v) is 11.5. The SMILES string of the molecule is CCOC(=O)CN(c1ccc2c(c1)nc(CCc1ccc(C(=N)N)cc1)n2CC)S(=O)(=O)c1cccc2cccnc12. The number of ether oxygens (including phenoxy) is 1. The van der Waals surface area contributed by atoms with Crippen LogP contribution in [0.5, 0.6) is 0 Å². The molecule has 3 aromatic carbocycles. The molecule has 5 aromatic rings. The highest BCUT2D eigenvalue weighted by molar-refractivity contribution is 7.93. The number of carbonyl (C=O) groups excluding carboxylic acids is 1. The van der Waals surface area contributed by atoms with Gasteiger partial charge in [-0.3, -0.25) is 19.5 Å². The molecule has 0 aliphatic rings. The van der Waals surface area contributed by atoms with Gasteiger partial charge in [0.1, 0.15) is 23.1 Å². The molecule has 2 heterocycles. The monoisotopic (exact) mass is 584 g/mol. The van der Waals surface area contributed by atoms with Crippen molar-refractivity contribution >= 4 is 49.5 Å². The fraction of sp³-hybridized carbons (Fsp3) is 0.226. The topological polar surface area (TPSA) is 144 Å². The Kier molecular flexibility index (Phi) is 8.21. The number of nitrogen functional groups attached to an aromatic ring is 1. The number of para-hydroxylation sites is 1. The predicted molar refractivity (Wildman–Crippen MR) is 163 cm³/mol. The molecule has 0 unspecified atom stereocenters. The highest BCUT2D eigenvalue weighted by Gasteiger charge is 2.30. The molecule has 2 aromatic heterocycles. The van der Waals surface area contributed by atoms with Crippen molar-refractivity contribution in [3.8, 4) is 0 Å². The first-order chi connectivity index (χ1) is 20.2. The molecule has 0 spiro atoms. The lowest BCUT2D eigenvalue weighted by molar-refractivity contribution is -0.141. The summed E-state index contributed by atoms with van der Waals surface area (Å²) in [6, 6.07) is 21.3. The number of benzene rings is 3. The number of aryl methyl sites for hydroxylation is 3. The minimum atomic E-state index is -4.22. The van der Waals surface area contributed by atoms with Crippen LogP contribution in [-0.2, 0) is 38.9 Å². The highest BCUT2D eigenvalue weighted by atomic mass is 32.2. The van der Waals surface area contributed by atoms with Gasteiger partial charge >= 0.3 is 5.97 Å². The zero-order valence-electron chi connectivity index (χ0n) is 23.4. The number of anilines is 1. The largest absolute Gasteiger partial charge is 0.465 e. The summed E-state index contributed by atoms with van der Waals surface area (Å²) in [6.45, 7) is 4.02. The van der Waals surface area contributed by atoms with Gasteiger partial charge in [0.2, 0.25) is 0 Å². The lowest BCUT2D eigenvalue weighted by atomic mass is 10.1. The molecule has 0 aliphatic heterocycles. The molecule has 0 fully saturated rings. The van der Waals surface area contributed by atoms with Crippen molar-refractivity contribution < 1.29 is 17.9 Å². The molecule has 3 N–H and O–H groups in total. The van der Waals surface area contributed by atoms with Crippen LogP contribution in [0.25, 0.3) is 21.9 Å². The fourth-order valence-electron chi connectivity index (χ4n) is 5.02. The van der Waals surface area contributed by atoms with Gasteiger partial charge in [0, 0.05) is 30.1 Å². The second-order valence-electron chi connectivity index (χ2n) is 9.70. The molecular formula is C31H32N6O4S. The average Bonchev–Trinajstić information content (AvgIpc) is 3.35. The maximum Gasteiger partial charge on any atom is 0.326 e. The Morgan fingerprint density at radius 1 is 1.02 bits per heavy atom.